The minimum absolute atomic E-state index is 0.139. The highest BCUT2D eigenvalue weighted by atomic mass is 16.1. The molecule has 20 heavy (non-hydrogen) atoms. The smallest absolute Gasteiger partial charge is 0.224 e. The van der Waals surface area contributed by atoms with Gasteiger partial charge in [-0.1, -0.05) is 37.5 Å². The normalized spacial score (nSPS) is 16.4. The average molecular weight is 270 g/mol. The Hall–Kier alpha value is -1.77. The van der Waals surface area contributed by atoms with Crippen LogP contribution in [0.1, 0.15) is 37.7 Å². The number of rotatable bonds is 4. The van der Waals surface area contributed by atoms with Crippen molar-refractivity contribution in [2.24, 2.45) is 5.92 Å². The Morgan fingerprint density at radius 1 is 1.20 bits per heavy atom. The molecule has 0 unspecified atom stereocenters. The largest absolute Gasteiger partial charge is 0.361 e. The third kappa shape index (κ3) is 3.03. The minimum atomic E-state index is 0.139. The lowest BCUT2D eigenvalue weighted by Crippen LogP contribution is -2.31. The zero-order chi connectivity index (χ0) is 13.8. The van der Waals surface area contributed by atoms with Crippen molar-refractivity contribution in [2.75, 3.05) is 6.54 Å². The number of carbonyl (C=O) groups excluding carboxylic acids is 1. The van der Waals surface area contributed by atoms with Crippen molar-refractivity contribution >= 4 is 16.8 Å². The van der Waals surface area contributed by atoms with Crippen LogP contribution in [0.25, 0.3) is 10.9 Å². The lowest BCUT2D eigenvalue weighted by molar-refractivity contribution is -0.120. The maximum Gasteiger partial charge on any atom is 0.224 e. The molecule has 1 heterocycles. The van der Waals surface area contributed by atoms with E-state index in [4.69, 9.17) is 0 Å². The van der Waals surface area contributed by atoms with Crippen molar-refractivity contribution in [3.63, 3.8) is 0 Å². The Morgan fingerprint density at radius 3 is 2.85 bits per heavy atom. The lowest BCUT2D eigenvalue weighted by Gasteiger charge is -2.21. The summed E-state index contributed by atoms with van der Waals surface area (Å²) >= 11 is 0. The van der Waals surface area contributed by atoms with E-state index in [1.807, 2.05) is 24.4 Å². The third-order valence-corrected chi connectivity index (χ3v) is 4.34. The molecule has 2 aromatic rings. The lowest BCUT2D eigenvalue weighted by atomic mass is 9.89. The number of H-pyrrole nitrogens is 1. The van der Waals surface area contributed by atoms with Gasteiger partial charge in [0, 0.05) is 23.6 Å². The first-order valence-electron chi connectivity index (χ1n) is 7.64. The highest BCUT2D eigenvalue weighted by Crippen LogP contribution is 2.23. The van der Waals surface area contributed by atoms with Gasteiger partial charge in [-0.2, -0.15) is 0 Å². The molecule has 1 saturated carbocycles. The van der Waals surface area contributed by atoms with Gasteiger partial charge in [0.25, 0.3) is 0 Å². The van der Waals surface area contributed by atoms with Crippen molar-refractivity contribution in [3.05, 3.63) is 36.0 Å². The Morgan fingerprint density at radius 2 is 2.00 bits per heavy atom. The van der Waals surface area contributed by atoms with Crippen LogP contribution >= 0.6 is 0 Å². The molecule has 1 aromatic carbocycles. The number of carbonyl (C=O) groups is 1. The molecule has 0 spiro atoms. The molecule has 0 saturated heterocycles. The van der Waals surface area contributed by atoms with Crippen LogP contribution in [-0.4, -0.2) is 17.4 Å². The Balaban J connectivity index is 1.55. The second-order valence-corrected chi connectivity index (χ2v) is 5.84. The van der Waals surface area contributed by atoms with E-state index in [0.29, 0.717) is 12.3 Å². The van der Waals surface area contributed by atoms with Crippen molar-refractivity contribution in [1.82, 2.24) is 10.3 Å². The van der Waals surface area contributed by atoms with Crippen molar-refractivity contribution < 1.29 is 4.79 Å². The molecule has 0 bridgehead atoms. The summed E-state index contributed by atoms with van der Waals surface area (Å²) in [5, 5.41) is 4.26. The summed E-state index contributed by atoms with van der Waals surface area (Å²) in [6, 6.07) is 8.12. The van der Waals surface area contributed by atoms with E-state index in [2.05, 4.69) is 16.4 Å². The summed E-state index contributed by atoms with van der Waals surface area (Å²) in [5.74, 6) is 0.830. The van der Waals surface area contributed by atoms with Gasteiger partial charge in [-0.25, -0.2) is 0 Å². The zero-order valence-corrected chi connectivity index (χ0v) is 11.8. The molecule has 1 amide bonds. The molecule has 1 aliphatic carbocycles. The monoisotopic (exact) mass is 270 g/mol. The molecule has 0 atom stereocenters. The maximum atomic E-state index is 12.1. The van der Waals surface area contributed by atoms with Crippen LogP contribution in [0.5, 0.6) is 0 Å². The topological polar surface area (TPSA) is 44.9 Å². The standard InChI is InChI=1S/C17H22N2O/c20-17(19-11-13-6-2-1-3-7-13)10-14-12-18-16-9-5-4-8-15(14)16/h4-5,8-9,12-13,18H,1-3,6-7,10-11H2,(H,19,20). The number of nitrogens with one attached hydrogen (secondary N) is 2. The van der Waals surface area contributed by atoms with Crippen molar-refractivity contribution in [3.8, 4) is 0 Å². The van der Waals surface area contributed by atoms with Gasteiger partial charge >= 0.3 is 0 Å². The van der Waals surface area contributed by atoms with Crippen LogP contribution in [0.4, 0.5) is 0 Å². The first-order valence-corrected chi connectivity index (χ1v) is 7.64. The summed E-state index contributed by atoms with van der Waals surface area (Å²) in [5.41, 5.74) is 2.18. The number of fused-ring (bicyclic) bond motifs is 1. The highest BCUT2D eigenvalue weighted by molar-refractivity contribution is 5.88. The van der Waals surface area contributed by atoms with Crippen LogP contribution < -0.4 is 5.32 Å². The number of hydrogen-bond donors (Lipinski definition) is 2. The van der Waals surface area contributed by atoms with E-state index in [1.54, 1.807) is 0 Å². The van der Waals surface area contributed by atoms with Gasteiger partial charge in [-0.3, -0.25) is 4.79 Å². The third-order valence-electron chi connectivity index (χ3n) is 4.34. The van der Waals surface area contributed by atoms with Gasteiger partial charge in [0.15, 0.2) is 0 Å². The highest BCUT2D eigenvalue weighted by Gasteiger charge is 2.15. The molecule has 0 radical (unpaired) electrons. The molecule has 1 fully saturated rings. The number of para-hydroxylation sites is 1. The van der Waals surface area contributed by atoms with Crippen molar-refractivity contribution in [2.45, 2.75) is 38.5 Å². The van der Waals surface area contributed by atoms with Crippen LogP contribution in [0.2, 0.25) is 0 Å². The molecule has 2 N–H and O–H groups in total. The molecular weight excluding hydrogens is 248 g/mol. The van der Waals surface area contributed by atoms with Gasteiger partial charge in [-0.05, 0) is 30.4 Å². The fourth-order valence-corrected chi connectivity index (χ4v) is 3.16. The van der Waals surface area contributed by atoms with Crippen LogP contribution in [-0.2, 0) is 11.2 Å². The number of benzene rings is 1. The summed E-state index contributed by atoms with van der Waals surface area (Å²) in [7, 11) is 0. The predicted molar refractivity (Wildman–Crippen MR) is 81.6 cm³/mol. The van der Waals surface area contributed by atoms with Gasteiger partial charge in [0.1, 0.15) is 0 Å². The summed E-state index contributed by atoms with van der Waals surface area (Å²) in [6.07, 6.45) is 8.97. The van der Waals surface area contributed by atoms with E-state index in [0.717, 1.165) is 23.0 Å². The van der Waals surface area contributed by atoms with Gasteiger partial charge in [0.05, 0.1) is 6.42 Å². The minimum Gasteiger partial charge on any atom is -0.361 e. The van der Waals surface area contributed by atoms with Crippen LogP contribution in [0.15, 0.2) is 30.5 Å². The molecule has 3 heteroatoms. The molecule has 1 aromatic heterocycles. The quantitative estimate of drug-likeness (QED) is 0.878. The summed E-state index contributed by atoms with van der Waals surface area (Å²) < 4.78 is 0. The van der Waals surface area contributed by atoms with E-state index in [9.17, 15) is 4.79 Å². The molecule has 3 rings (SSSR count). The number of hydrogen-bond acceptors (Lipinski definition) is 1. The van der Waals surface area contributed by atoms with Gasteiger partial charge in [0.2, 0.25) is 5.91 Å². The average Bonchev–Trinajstić information content (AvgIpc) is 2.90. The summed E-state index contributed by atoms with van der Waals surface area (Å²) in [4.78, 5) is 15.3. The van der Waals surface area contributed by atoms with Crippen LogP contribution in [0.3, 0.4) is 0 Å². The van der Waals surface area contributed by atoms with E-state index < -0.39 is 0 Å². The number of aromatic nitrogens is 1. The Labute approximate surface area is 119 Å². The Bertz CT molecular complexity index is 581. The predicted octanol–water partition coefficient (Wildman–Crippen LogP) is 3.41. The van der Waals surface area contributed by atoms with Crippen LogP contribution in [0, 0.1) is 5.92 Å². The zero-order valence-electron chi connectivity index (χ0n) is 11.8. The first-order chi connectivity index (χ1) is 9.83. The SMILES string of the molecule is O=C(Cc1c[nH]c2ccccc12)NCC1CCCCC1. The second-order valence-electron chi connectivity index (χ2n) is 5.84. The second kappa shape index (κ2) is 6.12. The molecular formula is C17H22N2O. The Kier molecular flexibility index (Phi) is 4.05. The van der Waals surface area contributed by atoms with Crippen molar-refractivity contribution in [1.29, 1.82) is 0 Å². The number of amides is 1. The van der Waals surface area contributed by atoms with Gasteiger partial charge < -0.3 is 10.3 Å². The maximum absolute atomic E-state index is 12.1. The van der Waals surface area contributed by atoms with E-state index >= 15 is 0 Å². The molecule has 106 valence electrons. The molecule has 3 nitrogen and oxygen atoms in total. The molecule has 0 aliphatic heterocycles. The first kappa shape index (κ1) is 13.2. The summed E-state index contributed by atoms with van der Waals surface area (Å²) in [6.45, 7) is 0.848. The fourth-order valence-electron chi connectivity index (χ4n) is 3.16. The van der Waals surface area contributed by atoms with Gasteiger partial charge in [-0.15, -0.1) is 0 Å². The fraction of sp³-hybridized carbons (Fsp3) is 0.471. The van der Waals surface area contributed by atoms with E-state index in [1.165, 1.54) is 32.1 Å². The molecule has 1 aliphatic rings. The van der Waals surface area contributed by atoms with E-state index in [-0.39, 0.29) is 5.91 Å². The number of aromatic amines is 1.